The van der Waals surface area contributed by atoms with E-state index in [4.69, 9.17) is 18.6 Å². The Morgan fingerprint density at radius 2 is 1.52 bits per heavy atom. The standard InChI is InChI=1S/C36H41N3O13S2/c1-49-32-20-28-26(19-31(32)40)18-29(35(41)50-14-16-53(2,45)46)30(36(42)51-15-17-54(3,47)48)23-38(22-27-10-11-33(52-27)39(43)44)34(28)25-8-6-24(7-9-25)21-37-12-4-5-13-37/h6-11,18-20,23,34,40H,4-5,12-17,21-22H2,1-3H3. The lowest BCUT2D eigenvalue weighted by molar-refractivity contribution is -0.402. The van der Waals surface area contributed by atoms with E-state index in [1.54, 1.807) is 11.0 Å². The van der Waals surface area contributed by atoms with E-state index in [2.05, 4.69) is 4.90 Å². The van der Waals surface area contributed by atoms with E-state index in [-0.39, 0.29) is 29.4 Å². The van der Waals surface area contributed by atoms with E-state index in [1.807, 2.05) is 24.3 Å². The number of nitrogens with zero attached hydrogens (tertiary/aromatic N) is 3. The number of methoxy groups -OCH3 is 1. The fourth-order valence-electron chi connectivity index (χ4n) is 6.15. The van der Waals surface area contributed by atoms with Crippen molar-refractivity contribution >= 4 is 43.6 Å². The van der Waals surface area contributed by atoms with Crippen molar-refractivity contribution in [3.63, 3.8) is 0 Å². The quantitative estimate of drug-likeness (QED) is 0.133. The van der Waals surface area contributed by atoms with Crippen LogP contribution >= 0.6 is 0 Å². The number of carbonyl (C=O) groups excluding carboxylic acids is 2. The predicted octanol–water partition coefficient (Wildman–Crippen LogP) is 3.55. The molecule has 0 aliphatic carbocycles. The Balaban J connectivity index is 1.71. The summed E-state index contributed by atoms with van der Waals surface area (Å²) in [6.45, 7) is 1.38. The fourth-order valence-corrected chi connectivity index (χ4v) is 6.92. The Bertz CT molecular complexity index is 2170. The highest BCUT2D eigenvalue weighted by molar-refractivity contribution is 7.90. The number of hydrogen-bond donors (Lipinski definition) is 1. The van der Waals surface area contributed by atoms with Crippen LogP contribution in [0.3, 0.4) is 0 Å². The van der Waals surface area contributed by atoms with Gasteiger partial charge in [0.1, 0.15) is 23.9 Å². The van der Waals surface area contributed by atoms with Crippen LogP contribution in [-0.4, -0.2) is 106 Å². The van der Waals surface area contributed by atoms with Crippen molar-refractivity contribution in [2.45, 2.75) is 32.0 Å². The van der Waals surface area contributed by atoms with Gasteiger partial charge in [0.15, 0.2) is 31.2 Å². The summed E-state index contributed by atoms with van der Waals surface area (Å²) in [4.78, 5) is 42.4. The number of ether oxygens (including phenoxy) is 3. The fraction of sp³-hybridized carbons (Fsp3) is 0.389. The van der Waals surface area contributed by atoms with Crippen LogP contribution < -0.4 is 4.74 Å². The Morgan fingerprint density at radius 3 is 2.07 bits per heavy atom. The van der Waals surface area contributed by atoms with Gasteiger partial charge in [-0.3, -0.25) is 15.0 Å². The van der Waals surface area contributed by atoms with Crippen LogP contribution in [0, 0.1) is 10.1 Å². The molecule has 0 radical (unpaired) electrons. The first-order valence-corrected chi connectivity index (χ1v) is 21.0. The molecule has 3 aromatic rings. The van der Waals surface area contributed by atoms with Crippen LogP contribution in [0.2, 0.25) is 0 Å². The van der Waals surface area contributed by atoms with Gasteiger partial charge in [-0.15, -0.1) is 0 Å². The number of aromatic hydroxyl groups is 1. The largest absolute Gasteiger partial charge is 0.504 e. The lowest BCUT2D eigenvalue weighted by Crippen LogP contribution is -2.30. The molecule has 2 aliphatic rings. The van der Waals surface area contributed by atoms with Gasteiger partial charge in [0.2, 0.25) is 0 Å². The summed E-state index contributed by atoms with van der Waals surface area (Å²) in [5.74, 6) is -3.95. The predicted molar refractivity (Wildman–Crippen MR) is 196 cm³/mol. The van der Waals surface area contributed by atoms with E-state index < -0.39 is 84.3 Å². The molecular weight excluding hydrogens is 747 g/mol. The van der Waals surface area contributed by atoms with Gasteiger partial charge in [0.05, 0.1) is 48.4 Å². The molecule has 290 valence electrons. The number of rotatable bonds is 15. The number of carbonyl (C=O) groups is 2. The van der Waals surface area contributed by atoms with Crippen molar-refractivity contribution in [3.05, 3.63) is 104 Å². The third-order valence-electron chi connectivity index (χ3n) is 8.78. The van der Waals surface area contributed by atoms with Gasteiger partial charge in [0.25, 0.3) is 0 Å². The Morgan fingerprint density at radius 1 is 0.907 bits per heavy atom. The molecule has 0 amide bonds. The monoisotopic (exact) mass is 787 g/mol. The number of esters is 2. The van der Waals surface area contributed by atoms with Crippen LogP contribution in [0.1, 0.15) is 46.9 Å². The number of sulfone groups is 2. The van der Waals surface area contributed by atoms with E-state index in [1.165, 1.54) is 37.6 Å². The molecule has 1 unspecified atom stereocenters. The summed E-state index contributed by atoms with van der Waals surface area (Å²) in [6, 6.07) is 12.3. The van der Waals surface area contributed by atoms with Crippen molar-refractivity contribution in [2.75, 3.05) is 57.4 Å². The first kappa shape index (κ1) is 40.0. The number of phenols is 1. The number of phenolic OH excluding ortho intramolecular Hbond substituents is 1. The Kier molecular flexibility index (Phi) is 12.5. The Hall–Kier alpha value is -5.20. The second-order valence-corrected chi connectivity index (χ2v) is 17.6. The van der Waals surface area contributed by atoms with Gasteiger partial charge in [-0.25, -0.2) is 26.4 Å². The maximum Gasteiger partial charge on any atom is 0.433 e. The summed E-state index contributed by atoms with van der Waals surface area (Å²) in [7, 11) is -5.76. The number of benzene rings is 2. The van der Waals surface area contributed by atoms with E-state index in [0.29, 0.717) is 11.1 Å². The smallest absolute Gasteiger partial charge is 0.433 e. The van der Waals surface area contributed by atoms with E-state index in [9.17, 15) is 41.6 Å². The van der Waals surface area contributed by atoms with Gasteiger partial charge in [0, 0.05) is 25.3 Å². The molecule has 0 spiro atoms. The zero-order valence-corrected chi connectivity index (χ0v) is 31.6. The van der Waals surface area contributed by atoms with E-state index in [0.717, 1.165) is 50.6 Å². The van der Waals surface area contributed by atoms with Gasteiger partial charge in [-0.1, -0.05) is 24.3 Å². The molecule has 5 rings (SSSR count). The van der Waals surface area contributed by atoms with Crippen LogP contribution in [-0.2, 0) is 51.8 Å². The second kappa shape index (κ2) is 16.9. The first-order chi connectivity index (χ1) is 25.5. The van der Waals surface area contributed by atoms with Crippen molar-refractivity contribution < 1.29 is 55.1 Å². The lowest BCUT2D eigenvalue weighted by Gasteiger charge is -2.34. The highest BCUT2D eigenvalue weighted by Gasteiger charge is 2.33. The Labute approximate surface area is 312 Å². The number of fused-ring (bicyclic) bond motifs is 1. The minimum absolute atomic E-state index is 0.0774. The van der Waals surface area contributed by atoms with Crippen molar-refractivity contribution in [2.24, 2.45) is 0 Å². The van der Waals surface area contributed by atoms with Gasteiger partial charge in [-0.2, -0.15) is 0 Å². The molecule has 1 atom stereocenters. The molecule has 1 fully saturated rings. The molecule has 54 heavy (non-hydrogen) atoms. The minimum Gasteiger partial charge on any atom is -0.504 e. The molecule has 18 heteroatoms. The molecule has 1 aromatic heterocycles. The minimum atomic E-state index is -3.56. The van der Waals surface area contributed by atoms with Gasteiger partial charge < -0.3 is 28.6 Å². The molecule has 0 bridgehead atoms. The van der Waals surface area contributed by atoms with Crippen molar-refractivity contribution in [3.8, 4) is 11.5 Å². The zero-order chi connectivity index (χ0) is 39.2. The summed E-state index contributed by atoms with van der Waals surface area (Å²) in [6.07, 6.45) is 6.73. The van der Waals surface area contributed by atoms with Crippen LogP contribution in [0.15, 0.2) is 70.3 Å². The zero-order valence-electron chi connectivity index (χ0n) is 29.9. The third kappa shape index (κ3) is 10.5. The molecule has 2 aromatic carbocycles. The van der Waals surface area contributed by atoms with Crippen LogP contribution in [0.4, 0.5) is 5.88 Å². The number of furan rings is 1. The van der Waals surface area contributed by atoms with Crippen LogP contribution in [0.25, 0.3) is 6.08 Å². The molecular formula is C36H41N3O13S2. The molecule has 16 nitrogen and oxygen atoms in total. The average Bonchev–Trinajstić information content (AvgIpc) is 3.78. The van der Waals surface area contributed by atoms with Crippen molar-refractivity contribution in [1.82, 2.24) is 9.80 Å². The highest BCUT2D eigenvalue weighted by Crippen LogP contribution is 2.42. The maximum atomic E-state index is 13.9. The number of nitro groups is 1. The van der Waals surface area contributed by atoms with Crippen LogP contribution in [0.5, 0.6) is 11.5 Å². The molecule has 1 saturated heterocycles. The van der Waals surface area contributed by atoms with Gasteiger partial charge in [-0.05, 0) is 72.5 Å². The lowest BCUT2D eigenvalue weighted by atomic mass is 9.88. The summed E-state index contributed by atoms with van der Waals surface area (Å²) in [5.41, 5.74) is 1.58. The number of likely N-dealkylation sites (tertiary alicyclic amines) is 1. The van der Waals surface area contributed by atoms with E-state index >= 15 is 0 Å². The molecule has 2 aliphatic heterocycles. The molecule has 1 N–H and O–H groups in total. The second-order valence-electron chi connectivity index (χ2n) is 13.1. The number of hydrogen-bond acceptors (Lipinski definition) is 15. The summed E-state index contributed by atoms with van der Waals surface area (Å²) >= 11 is 0. The summed E-state index contributed by atoms with van der Waals surface area (Å²) < 4.78 is 69.0. The third-order valence-corrected chi connectivity index (χ3v) is 10.6. The topological polar surface area (TPSA) is 213 Å². The van der Waals surface area contributed by atoms with Gasteiger partial charge >= 0.3 is 17.8 Å². The SMILES string of the molecule is COc1cc2c(cc1O)C=C(C(=O)OCCS(C)(=O)=O)C(C(=O)OCCS(C)(=O)=O)=CN(Cc1ccc([N+](=O)[O-])o1)C2c1ccc(CN2CCCC2)cc1. The first-order valence-electron chi connectivity index (χ1n) is 16.9. The average molecular weight is 788 g/mol. The summed E-state index contributed by atoms with van der Waals surface area (Å²) in [5, 5.41) is 22.5. The normalized spacial score (nSPS) is 16.4. The molecule has 0 saturated carbocycles. The highest BCUT2D eigenvalue weighted by atomic mass is 32.2. The maximum absolute atomic E-state index is 13.9. The molecule has 3 heterocycles. The van der Waals surface area contributed by atoms with Crippen molar-refractivity contribution in [1.29, 1.82) is 0 Å².